The lowest BCUT2D eigenvalue weighted by Crippen LogP contribution is -2.20. The molecule has 0 aliphatic heterocycles. The molecule has 6 heteroatoms. The Kier molecular flexibility index (Phi) is 5.55. The van der Waals surface area contributed by atoms with Crippen LogP contribution in [-0.2, 0) is 14.3 Å². The number of ether oxygens (including phenoxy) is 1. The first-order valence-electron chi connectivity index (χ1n) is 6.49. The van der Waals surface area contributed by atoms with Gasteiger partial charge >= 0.3 is 5.97 Å². The number of rotatable bonds is 5. The summed E-state index contributed by atoms with van der Waals surface area (Å²) in [5.41, 5.74) is 1.64. The molecule has 0 radical (unpaired) electrons. The summed E-state index contributed by atoms with van der Waals surface area (Å²) in [7, 11) is 0. The van der Waals surface area contributed by atoms with Gasteiger partial charge in [0.15, 0.2) is 6.61 Å². The van der Waals surface area contributed by atoms with Crippen molar-refractivity contribution < 1.29 is 18.7 Å². The Morgan fingerprint density at radius 3 is 2.86 bits per heavy atom. The van der Waals surface area contributed by atoms with Crippen molar-refractivity contribution in [3.05, 3.63) is 58.5 Å². The zero-order chi connectivity index (χ0) is 15.9. The summed E-state index contributed by atoms with van der Waals surface area (Å²) in [6.07, 6.45) is 4.17. The lowest BCUT2D eigenvalue weighted by atomic mass is 10.2. The van der Waals surface area contributed by atoms with Gasteiger partial charge in [0.25, 0.3) is 5.91 Å². The number of halogens is 1. The molecule has 114 valence electrons. The third-order valence-corrected chi connectivity index (χ3v) is 3.60. The third-order valence-electron chi connectivity index (χ3n) is 2.71. The predicted octanol–water partition coefficient (Wildman–Crippen LogP) is 3.55. The summed E-state index contributed by atoms with van der Waals surface area (Å²) >= 11 is 3.38. The van der Waals surface area contributed by atoms with Gasteiger partial charge < -0.3 is 14.5 Å². The zero-order valence-electron chi connectivity index (χ0n) is 11.8. The van der Waals surface area contributed by atoms with Crippen LogP contribution in [0.4, 0.5) is 5.69 Å². The molecule has 0 saturated heterocycles. The average Bonchev–Trinajstić information content (AvgIpc) is 3.00. The van der Waals surface area contributed by atoms with Crippen molar-refractivity contribution in [3.63, 3.8) is 0 Å². The van der Waals surface area contributed by atoms with E-state index in [-0.39, 0.29) is 6.61 Å². The molecule has 1 amide bonds. The van der Waals surface area contributed by atoms with E-state index < -0.39 is 11.9 Å². The lowest BCUT2D eigenvalue weighted by molar-refractivity contribution is -0.142. The SMILES string of the molecule is Cc1cc(NC(=O)COC(=O)C=Cc2ccco2)ccc1Br. The predicted molar refractivity (Wildman–Crippen MR) is 86.2 cm³/mol. The summed E-state index contributed by atoms with van der Waals surface area (Å²) in [4.78, 5) is 23.2. The van der Waals surface area contributed by atoms with Crippen molar-refractivity contribution in [2.45, 2.75) is 6.92 Å². The Labute approximate surface area is 136 Å². The summed E-state index contributed by atoms with van der Waals surface area (Å²) in [6.45, 7) is 1.57. The highest BCUT2D eigenvalue weighted by molar-refractivity contribution is 9.10. The number of hydrogen-bond donors (Lipinski definition) is 1. The van der Waals surface area contributed by atoms with Crippen LogP contribution in [0.3, 0.4) is 0 Å². The second-order valence-corrected chi connectivity index (χ2v) is 5.32. The van der Waals surface area contributed by atoms with Crippen molar-refractivity contribution in [2.75, 3.05) is 11.9 Å². The minimum absolute atomic E-state index is 0.351. The van der Waals surface area contributed by atoms with Gasteiger partial charge in [0, 0.05) is 16.2 Å². The van der Waals surface area contributed by atoms with Gasteiger partial charge in [-0.15, -0.1) is 0 Å². The van der Waals surface area contributed by atoms with Crippen LogP contribution >= 0.6 is 15.9 Å². The van der Waals surface area contributed by atoms with E-state index in [0.29, 0.717) is 11.4 Å². The van der Waals surface area contributed by atoms with E-state index in [1.54, 1.807) is 18.2 Å². The van der Waals surface area contributed by atoms with Gasteiger partial charge in [0.2, 0.25) is 0 Å². The fraction of sp³-hybridized carbons (Fsp3) is 0.125. The van der Waals surface area contributed by atoms with E-state index in [9.17, 15) is 9.59 Å². The Morgan fingerprint density at radius 2 is 2.18 bits per heavy atom. The van der Waals surface area contributed by atoms with Gasteiger partial charge in [-0.1, -0.05) is 15.9 Å². The smallest absolute Gasteiger partial charge is 0.331 e. The fourth-order valence-electron chi connectivity index (χ4n) is 1.64. The molecule has 5 nitrogen and oxygen atoms in total. The number of amides is 1. The molecule has 0 fully saturated rings. The zero-order valence-corrected chi connectivity index (χ0v) is 13.4. The van der Waals surface area contributed by atoms with E-state index in [2.05, 4.69) is 21.2 Å². The van der Waals surface area contributed by atoms with Crippen LogP contribution in [0.15, 0.2) is 51.6 Å². The van der Waals surface area contributed by atoms with Crippen LogP contribution in [0.25, 0.3) is 6.08 Å². The topological polar surface area (TPSA) is 68.5 Å². The number of carbonyl (C=O) groups is 2. The Balaban J connectivity index is 1.79. The minimum Gasteiger partial charge on any atom is -0.465 e. The fourth-order valence-corrected chi connectivity index (χ4v) is 1.89. The maximum Gasteiger partial charge on any atom is 0.331 e. The number of nitrogens with one attached hydrogen (secondary N) is 1. The number of benzene rings is 1. The van der Waals surface area contributed by atoms with E-state index in [1.807, 2.05) is 19.1 Å². The van der Waals surface area contributed by atoms with Crippen LogP contribution in [-0.4, -0.2) is 18.5 Å². The molecule has 2 aromatic rings. The van der Waals surface area contributed by atoms with E-state index in [0.717, 1.165) is 10.0 Å². The molecule has 1 aromatic carbocycles. The van der Waals surface area contributed by atoms with Crippen molar-refractivity contribution >= 4 is 39.6 Å². The van der Waals surface area contributed by atoms with E-state index in [4.69, 9.17) is 9.15 Å². The van der Waals surface area contributed by atoms with Crippen molar-refractivity contribution in [1.29, 1.82) is 0 Å². The summed E-state index contributed by atoms with van der Waals surface area (Å²) in [6, 6.07) is 8.82. The van der Waals surface area contributed by atoms with Gasteiger partial charge in [-0.25, -0.2) is 4.79 Å². The number of aryl methyl sites for hydroxylation is 1. The largest absolute Gasteiger partial charge is 0.465 e. The van der Waals surface area contributed by atoms with Gasteiger partial charge in [-0.3, -0.25) is 4.79 Å². The monoisotopic (exact) mass is 363 g/mol. The lowest BCUT2D eigenvalue weighted by Gasteiger charge is -2.07. The Bertz CT molecular complexity index is 692. The molecule has 0 spiro atoms. The van der Waals surface area contributed by atoms with Crippen molar-refractivity contribution in [3.8, 4) is 0 Å². The highest BCUT2D eigenvalue weighted by Gasteiger charge is 2.06. The number of furan rings is 1. The van der Waals surface area contributed by atoms with Crippen LogP contribution in [0.1, 0.15) is 11.3 Å². The second kappa shape index (κ2) is 7.61. The first-order valence-corrected chi connectivity index (χ1v) is 7.28. The first-order chi connectivity index (χ1) is 10.5. The molecule has 0 aliphatic carbocycles. The summed E-state index contributed by atoms with van der Waals surface area (Å²) < 4.78 is 10.8. The minimum atomic E-state index is -0.612. The molecular weight excluding hydrogens is 350 g/mol. The maximum absolute atomic E-state index is 11.7. The van der Waals surface area contributed by atoms with Gasteiger partial charge in [0.05, 0.1) is 6.26 Å². The van der Waals surface area contributed by atoms with Gasteiger partial charge in [0.1, 0.15) is 5.76 Å². The second-order valence-electron chi connectivity index (χ2n) is 4.47. The molecule has 1 aromatic heterocycles. The molecule has 0 saturated carbocycles. The molecule has 0 atom stereocenters. The van der Waals surface area contributed by atoms with E-state index in [1.165, 1.54) is 18.4 Å². The third kappa shape index (κ3) is 4.89. The molecule has 22 heavy (non-hydrogen) atoms. The van der Waals surface area contributed by atoms with Crippen molar-refractivity contribution in [1.82, 2.24) is 0 Å². The number of anilines is 1. The Morgan fingerprint density at radius 1 is 1.36 bits per heavy atom. The van der Waals surface area contributed by atoms with Crippen LogP contribution < -0.4 is 5.32 Å². The van der Waals surface area contributed by atoms with Gasteiger partial charge in [-0.05, 0) is 48.9 Å². The first kappa shape index (κ1) is 16.0. The van der Waals surface area contributed by atoms with Crippen LogP contribution in [0.2, 0.25) is 0 Å². The van der Waals surface area contributed by atoms with E-state index >= 15 is 0 Å². The van der Waals surface area contributed by atoms with Crippen LogP contribution in [0.5, 0.6) is 0 Å². The molecule has 0 aliphatic rings. The quantitative estimate of drug-likeness (QED) is 0.651. The van der Waals surface area contributed by atoms with Crippen molar-refractivity contribution in [2.24, 2.45) is 0 Å². The Hall–Kier alpha value is -2.34. The summed E-state index contributed by atoms with van der Waals surface area (Å²) in [5, 5.41) is 2.66. The summed E-state index contributed by atoms with van der Waals surface area (Å²) in [5.74, 6) is -0.480. The number of esters is 1. The van der Waals surface area contributed by atoms with Gasteiger partial charge in [-0.2, -0.15) is 0 Å². The highest BCUT2D eigenvalue weighted by Crippen LogP contribution is 2.19. The average molecular weight is 364 g/mol. The molecular formula is C16H14BrNO4. The molecule has 0 bridgehead atoms. The number of hydrogen-bond acceptors (Lipinski definition) is 4. The standard InChI is InChI=1S/C16H14BrNO4/c1-11-9-12(4-6-14(11)17)18-15(19)10-22-16(20)7-5-13-3-2-8-21-13/h2-9H,10H2,1H3,(H,18,19). The molecule has 1 N–H and O–H groups in total. The molecule has 2 rings (SSSR count). The van der Waals surface area contributed by atoms with Crippen LogP contribution in [0, 0.1) is 6.92 Å². The highest BCUT2D eigenvalue weighted by atomic mass is 79.9. The normalized spacial score (nSPS) is 10.6. The molecule has 0 unspecified atom stereocenters. The number of carbonyl (C=O) groups excluding carboxylic acids is 2. The molecule has 1 heterocycles. The maximum atomic E-state index is 11.7.